The number of amides is 3. The second kappa shape index (κ2) is 7.98. The highest BCUT2D eigenvalue weighted by Gasteiger charge is 2.31. The van der Waals surface area contributed by atoms with Crippen molar-refractivity contribution in [3.05, 3.63) is 23.8 Å². The predicted molar refractivity (Wildman–Crippen MR) is 92.9 cm³/mol. The van der Waals surface area contributed by atoms with Gasteiger partial charge in [0.15, 0.2) is 5.16 Å². The van der Waals surface area contributed by atoms with Gasteiger partial charge in [-0.15, -0.1) is 0 Å². The largest absolute Gasteiger partial charge is 0.416 e. The molecule has 1 atom stereocenters. The van der Waals surface area contributed by atoms with Gasteiger partial charge in [0.25, 0.3) is 0 Å². The van der Waals surface area contributed by atoms with E-state index in [2.05, 4.69) is 15.6 Å². The summed E-state index contributed by atoms with van der Waals surface area (Å²) in [4.78, 5) is 27.6. The van der Waals surface area contributed by atoms with Gasteiger partial charge in [-0.3, -0.25) is 10.1 Å². The van der Waals surface area contributed by atoms with Crippen LogP contribution in [0.3, 0.4) is 0 Å². The number of thioether (sulfide) groups is 1. The number of halogens is 3. The van der Waals surface area contributed by atoms with Crippen LogP contribution in [0, 0.1) is 0 Å². The van der Waals surface area contributed by atoms with Crippen LogP contribution in [0.5, 0.6) is 0 Å². The molecule has 2 rings (SSSR count). The first-order valence-corrected chi connectivity index (χ1v) is 8.82. The lowest BCUT2D eigenvalue weighted by atomic mass is 10.2. The smallest absolute Gasteiger partial charge is 0.341 e. The number of carbonyl (C=O) groups excluding carboxylic acids is 2. The summed E-state index contributed by atoms with van der Waals surface area (Å²) in [6.45, 7) is 3.96. The van der Waals surface area contributed by atoms with E-state index in [1.807, 2.05) is 6.92 Å². The van der Waals surface area contributed by atoms with Gasteiger partial charge < -0.3 is 9.88 Å². The zero-order valence-corrected chi connectivity index (χ0v) is 15.3. The SMILES string of the molecule is CCCn1c(S[C@H](C)C(=O)NC(=O)NC)nc2ccc(C(F)(F)F)cc21. The van der Waals surface area contributed by atoms with Crippen LogP contribution in [0.25, 0.3) is 11.0 Å². The molecule has 0 radical (unpaired) electrons. The molecule has 0 saturated carbocycles. The summed E-state index contributed by atoms with van der Waals surface area (Å²) < 4.78 is 40.6. The molecular weight excluding hydrogens is 369 g/mol. The number of nitrogens with one attached hydrogen (secondary N) is 2. The number of aryl methyl sites for hydroxylation is 1. The maximum atomic E-state index is 13.0. The van der Waals surface area contributed by atoms with Gasteiger partial charge in [-0.05, 0) is 31.5 Å². The molecule has 1 heterocycles. The quantitative estimate of drug-likeness (QED) is 0.770. The van der Waals surface area contributed by atoms with E-state index in [-0.39, 0.29) is 0 Å². The Morgan fingerprint density at radius 1 is 1.35 bits per heavy atom. The number of nitrogens with zero attached hydrogens (tertiary/aromatic N) is 2. The molecule has 10 heteroatoms. The third-order valence-electron chi connectivity index (χ3n) is 3.60. The lowest BCUT2D eigenvalue weighted by Crippen LogP contribution is -2.41. The third-order valence-corrected chi connectivity index (χ3v) is 4.69. The Balaban J connectivity index is 2.36. The Bertz CT molecular complexity index is 820. The Kier molecular flexibility index (Phi) is 6.17. The van der Waals surface area contributed by atoms with E-state index < -0.39 is 28.9 Å². The molecule has 0 spiro atoms. The number of hydrogen-bond acceptors (Lipinski definition) is 4. The van der Waals surface area contributed by atoms with Crippen LogP contribution in [0.4, 0.5) is 18.0 Å². The van der Waals surface area contributed by atoms with Gasteiger partial charge in [-0.1, -0.05) is 18.7 Å². The van der Waals surface area contributed by atoms with Crippen molar-refractivity contribution in [1.29, 1.82) is 0 Å². The minimum atomic E-state index is -4.44. The predicted octanol–water partition coefficient (Wildman–Crippen LogP) is 3.40. The number of urea groups is 1. The summed E-state index contributed by atoms with van der Waals surface area (Å²) >= 11 is 1.09. The highest BCUT2D eigenvalue weighted by molar-refractivity contribution is 8.00. The second-order valence-corrected chi connectivity index (χ2v) is 6.88. The minimum Gasteiger partial charge on any atom is -0.341 e. The Morgan fingerprint density at radius 2 is 2.04 bits per heavy atom. The van der Waals surface area contributed by atoms with E-state index in [0.29, 0.717) is 29.2 Å². The monoisotopic (exact) mass is 388 g/mol. The highest BCUT2D eigenvalue weighted by Crippen LogP contribution is 2.33. The van der Waals surface area contributed by atoms with Gasteiger partial charge in [-0.2, -0.15) is 13.2 Å². The van der Waals surface area contributed by atoms with E-state index in [1.165, 1.54) is 13.1 Å². The molecule has 0 bridgehead atoms. The van der Waals surface area contributed by atoms with Crippen LogP contribution in [0.15, 0.2) is 23.4 Å². The van der Waals surface area contributed by atoms with Crippen LogP contribution in [0.1, 0.15) is 25.8 Å². The molecule has 2 aromatic rings. The fourth-order valence-electron chi connectivity index (χ4n) is 2.29. The lowest BCUT2D eigenvalue weighted by molar-refractivity contribution is -0.137. The molecular formula is C16H19F3N4O2S. The molecule has 0 saturated heterocycles. The molecule has 0 fully saturated rings. The molecule has 0 aliphatic rings. The highest BCUT2D eigenvalue weighted by atomic mass is 32.2. The average Bonchev–Trinajstić information content (AvgIpc) is 2.91. The first kappa shape index (κ1) is 20.1. The van der Waals surface area contributed by atoms with E-state index in [0.717, 1.165) is 23.9 Å². The van der Waals surface area contributed by atoms with Crippen molar-refractivity contribution in [3.8, 4) is 0 Å². The van der Waals surface area contributed by atoms with Crippen LogP contribution in [-0.4, -0.2) is 33.8 Å². The minimum absolute atomic E-state index is 0.364. The standard InChI is InChI=1S/C16H19F3N4O2S/c1-4-7-23-12-8-10(16(17,18)19)5-6-11(12)21-15(23)26-9(2)13(24)22-14(25)20-3/h5-6,8-9H,4,7H2,1-3H3,(H2,20,22,24,25)/t9-/m1/s1. The van der Waals surface area contributed by atoms with Crippen molar-refractivity contribution in [1.82, 2.24) is 20.2 Å². The molecule has 0 aliphatic heterocycles. The summed E-state index contributed by atoms with van der Waals surface area (Å²) in [5.41, 5.74) is 0.0418. The van der Waals surface area contributed by atoms with Gasteiger partial charge >= 0.3 is 12.2 Å². The number of aromatic nitrogens is 2. The van der Waals surface area contributed by atoms with E-state index in [9.17, 15) is 22.8 Å². The summed E-state index contributed by atoms with van der Waals surface area (Å²) in [7, 11) is 1.39. The molecule has 142 valence electrons. The summed E-state index contributed by atoms with van der Waals surface area (Å²) in [5.74, 6) is -0.513. The van der Waals surface area contributed by atoms with Crippen molar-refractivity contribution in [2.24, 2.45) is 0 Å². The third kappa shape index (κ3) is 4.48. The number of hydrogen-bond donors (Lipinski definition) is 2. The van der Waals surface area contributed by atoms with Crippen molar-refractivity contribution in [3.63, 3.8) is 0 Å². The Morgan fingerprint density at radius 3 is 2.62 bits per heavy atom. The zero-order valence-electron chi connectivity index (χ0n) is 14.5. The topological polar surface area (TPSA) is 76.0 Å². The van der Waals surface area contributed by atoms with Crippen LogP contribution >= 0.6 is 11.8 Å². The van der Waals surface area contributed by atoms with Gasteiger partial charge in [0, 0.05) is 13.6 Å². The van der Waals surface area contributed by atoms with Crippen molar-refractivity contribution in [2.45, 2.75) is 43.4 Å². The number of imidazole rings is 1. The zero-order chi connectivity index (χ0) is 19.5. The fourth-order valence-corrected chi connectivity index (χ4v) is 3.24. The first-order valence-electron chi connectivity index (χ1n) is 7.94. The van der Waals surface area contributed by atoms with Gasteiger partial charge in [0.1, 0.15) is 0 Å². The van der Waals surface area contributed by atoms with E-state index in [1.54, 1.807) is 11.5 Å². The lowest BCUT2D eigenvalue weighted by Gasteiger charge is -2.13. The number of benzene rings is 1. The maximum Gasteiger partial charge on any atom is 0.416 e. The van der Waals surface area contributed by atoms with E-state index in [4.69, 9.17) is 0 Å². The first-order chi connectivity index (χ1) is 12.2. The van der Waals surface area contributed by atoms with E-state index >= 15 is 0 Å². The molecule has 0 unspecified atom stereocenters. The van der Waals surface area contributed by atoms with Crippen LogP contribution in [0.2, 0.25) is 0 Å². The van der Waals surface area contributed by atoms with Crippen LogP contribution < -0.4 is 10.6 Å². The number of fused-ring (bicyclic) bond motifs is 1. The van der Waals surface area contributed by atoms with Crippen molar-refractivity contribution >= 4 is 34.7 Å². The second-order valence-electron chi connectivity index (χ2n) is 5.58. The molecule has 3 amide bonds. The number of imide groups is 1. The summed E-state index contributed by atoms with van der Waals surface area (Å²) in [6.07, 6.45) is -3.75. The summed E-state index contributed by atoms with van der Waals surface area (Å²) in [5, 5.41) is 4.23. The Hall–Kier alpha value is -2.23. The Labute approximate surface area is 152 Å². The van der Waals surface area contributed by atoms with Crippen molar-refractivity contribution in [2.75, 3.05) is 7.05 Å². The number of carbonyl (C=O) groups is 2. The molecule has 26 heavy (non-hydrogen) atoms. The number of rotatable bonds is 5. The fraction of sp³-hybridized carbons (Fsp3) is 0.438. The van der Waals surface area contributed by atoms with Gasteiger partial charge in [0.2, 0.25) is 5.91 Å². The van der Waals surface area contributed by atoms with Crippen molar-refractivity contribution < 1.29 is 22.8 Å². The molecule has 2 N–H and O–H groups in total. The van der Waals surface area contributed by atoms with Crippen LogP contribution in [-0.2, 0) is 17.5 Å². The molecule has 1 aromatic heterocycles. The normalized spacial score (nSPS) is 12.8. The molecule has 0 aliphatic carbocycles. The maximum absolute atomic E-state index is 13.0. The molecule has 1 aromatic carbocycles. The van der Waals surface area contributed by atoms with Gasteiger partial charge in [-0.25, -0.2) is 9.78 Å². The molecule has 6 nitrogen and oxygen atoms in total. The van der Waals surface area contributed by atoms with Gasteiger partial charge in [0.05, 0.1) is 21.8 Å². The number of alkyl halides is 3. The summed E-state index contributed by atoms with van der Waals surface area (Å²) in [6, 6.07) is 2.75. The average molecular weight is 388 g/mol.